The predicted octanol–water partition coefficient (Wildman–Crippen LogP) is 3.46. The number of hydrogen-bond donors (Lipinski definition) is 0. The van der Waals surface area contributed by atoms with Crippen molar-refractivity contribution in [2.45, 2.75) is 58.4 Å². The first-order valence-electron chi connectivity index (χ1n) is 9.58. The molecule has 0 N–H and O–H groups in total. The predicted molar refractivity (Wildman–Crippen MR) is 97.0 cm³/mol. The van der Waals surface area contributed by atoms with Crippen LogP contribution in [0.1, 0.15) is 54.8 Å². The summed E-state index contributed by atoms with van der Waals surface area (Å²) < 4.78 is 0. The molecule has 4 nitrogen and oxygen atoms in total. The molecular weight excluding hydrogens is 318 g/mol. The van der Waals surface area contributed by atoms with Crippen molar-refractivity contribution in [2.24, 2.45) is 11.3 Å². The van der Waals surface area contributed by atoms with Gasteiger partial charge in [0.2, 0.25) is 5.91 Å². The number of piperidine rings is 1. The number of likely N-dealkylation sites (tertiary alicyclic amines) is 2. The van der Waals surface area contributed by atoms with Crippen LogP contribution in [0.25, 0.3) is 0 Å². The summed E-state index contributed by atoms with van der Waals surface area (Å²) in [6.07, 6.45) is 11.0. The van der Waals surface area contributed by atoms with Gasteiger partial charge in [0.05, 0.1) is 10.4 Å². The van der Waals surface area contributed by atoms with Crippen LogP contribution in [0.2, 0.25) is 0 Å². The van der Waals surface area contributed by atoms with Crippen molar-refractivity contribution in [3.63, 3.8) is 0 Å². The summed E-state index contributed by atoms with van der Waals surface area (Å²) in [6.45, 7) is 7.11. The molecule has 4 rings (SSSR count). The fraction of sp³-hybridized carbons (Fsp3) is 0.789. The standard InChI is InChI=1S/C19H29N3OS/c1-15-20-10-17(24-15)12-21-9-5-8-19(13-21)14-22(18(19)23)11-16-6-3-2-4-7-16/h10,16H,2-9,11-14H2,1H3. The molecule has 1 spiro atoms. The Bertz CT molecular complexity index is 595. The van der Waals surface area contributed by atoms with E-state index in [0.717, 1.165) is 56.5 Å². The molecule has 2 aliphatic heterocycles. The Kier molecular flexibility index (Phi) is 4.65. The average molecular weight is 348 g/mol. The Labute approximate surface area is 149 Å². The van der Waals surface area contributed by atoms with E-state index in [1.165, 1.54) is 37.0 Å². The molecule has 1 saturated carbocycles. The lowest BCUT2D eigenvalue weighted by Gasteiger charge is -2.54. The summed E-state index contributed by atoms with van der Waals surface area (Å²) in [5, 5.41) is 1.13. The molecular formula is C19H29N3OS. The molecule has 5 heteroatoms. The minimum Gasteiger partial charge on any atom is -0.341 e. The summed E-state index contributed by atoms with van der Waals surface area (Å²) >= 11 is 1.78. The van der Waals surface area contributed by atoms with Crippen molar-refractivity contribution in [3.8, 4) is 0 Å². The number of carbonyl (C=O) groups excluding carboxylic acids is 1. The molecule has 3 aliphatic rings. The number of aromatic nitrogens is 1. The number of hydrogen-bond acceptors (Lipinski definition) is 4. The van der Waals surface area contributed by atoms with Crippen LogP contribution in [0.3, 0.4) is 0 Å². The quantitative estimate of drug-likeness (QED) is 0.783. The van der Waals surface area contributed by atoms with Gasteiger partial charge in [0.25, 0.3) is 0 Å². The first-order valence-corrected chi connectivity index (χ1v) is 10.4. The van der Waals surface area contributed by atoms with Gasteiger partial charge < -0.3 is 4.90 Å². The summed E-state index contributed by atoms with van der Waals surface area (Å²) in [6, 6.07) is 0. The molecule has 24 heavy (non-hydrogen) atoms. The summed E-state index contributed by atoms with van der Waals surface area (Å²) in [7, 11) is 0. The monoisotopic (exact) mass is 347 g/mol. The molecule has 1 aromatic rings. The molecule has 0 aromatic carbocycles. The summed E-state index contributed by atoms with van der Waals surface area (Å²) in [4.78, 5) is 23.2. The van der Waals surface area contributed by atoms with Gasteiger partial charge in [-0.05, 0) is 45.1 Å². The lowest BCUT2D eigenvalue weighted by atomic mass is 9.71. The molecule has 3 fully saturated rings. The van der Waals surface area contributed by atoms with Crippen LogP contribution in [0, 0.1) is 18.3 Å². The molecule has 0 radical (unpaired) electrons. The van der Waals surface area contributed by atoms with Crippen molar-refractivity contribution in [1.82, 2.24) is 14.8 Å². The van der Waals surface area contributed by atoms with Crippen LogP contribution in [-0.2, 0) is 11.3 Å². The van der Waals surface area contributed by atoms with Crippen molar-refractivity contribution in [3.05, 3.63) is 16.1 Å². The third-order valence-electron chi connectivity index (χ3n) is 6.14. The number of aryl methyl sites for hydroxylation is 1. The summed E-state index contributed by atoms with van der Waals surface area (Å²) in [5.74, 6) is 1.21. The molecule has 0 bridgehead atoms. The summed E-state index contributed by atoms with van der Waals surface area (Å²) in [5.41, 5.74) is -0.0628. The van der Waals surface area contributed by atoms with Crippen LogP contribution >= 0.6 is 11.3 Å². The molecule has 1 unspecified atom stereocenters. The highest BCUT2D eigenvalue weighted by Crippen LogP contribution is 2.42. The maximum Gasteiger partial charge on any atom is 0.231 e. The molecule has 1 aliphatic carbocycles. The highest BCUT2D eigenvalue weighted by Gasteiger charge is 2.53. The number of rotatable bonds is 4. The fourth-order valence-electron chi connectivity index (χ4n) is 4.94. The highest BCUT2D eigenvalue weighted by molar-refractivity contribution is 7.11. The Morgan fingerprint density at radius 1 is 1.25 bits per heavy atom. The van der Waals surface area contributed by atoms with Crippen LogP contribution in [0.15, 0.2) is 6.20 Å². The lowest BCUT2D eigenvalue weighted by molar-refractivity contribution is -0.167. The number of nitrogens with zero attached hydrogens (tertiary/aromatic N) is 3. The zero-order chi connectivity index (χ0) is 16.6. The van der Waals surface area contributed by atoms with E-state index in [0.29, 0.717) is 5.91 Å². The van der Waals surface area contributed by atoms with Crippen LogP contribution < -0.4 is 0 Å². The van der Waals surface area contributed by atoms with Gasteiger partial charge in [0.1, 0.15) is 0 Å². The molecule has 3 heterocycles. The van der Waals surface area contributed by atoms with Crippen molar-refractivity contribution in [2.75, 3.05) is 26.2 Å². The first-order chi connectivity index (χ1) is 11.6. The number of β-lactam (4-membered cyclic amide) rings is 1. The van der Waals surface area contributed by atoms with Gasteiger partial charge in [-0.15, -0.1) is 11.3 Å². The second kappa shape index (κ2) is 6.75. The van der Waals surface area contributed by atoms with Gasteiger partial charge in [0.15, 0.2) is 0 Å². The Morgan fingerprint density at radius 3 is 2.79 bits per heavy atom. The van der Waals surface area contributed by atoms with Crippen LogP contribution in [0.5, 0.6) is 0 Å². The van der Waals surface area contributed by atoms with E-state index in [4.69, 9.17) is 0 Å². The largest absolute Gasteiger partial charge is 0.341 e. The van der Waals surface area contributed by atoms with Gasteiger partial charge in [-0.1, -0.05) is 19.3 Å². The number of amides is 1. The van der Waals surface area contributed by atoms with E-state index >= 15 is 0 Å². The topological polar surface area (TPSA) is 36.4 Å². The Hall–Kier alpha value is -0.940. The van der Waals surface area contributed by atoms with Gasteiger partial charge >= 0.3 is 0 Å². The molecule has 132 valence electrons. The SMILES string of the molecule is Cc1ncc(CN2CCCC3(C2)CN(CC2CCCCC2)C3=O)s1. The second-order valence-electron chi connectivity index (χ2n) is 8.13. The van der Waals surface area contributed by atoms with Crippen LogP contribution in [-0.4, -0.2) is 46.9 Å². The van der Waals surface area contributed by atoms with E-state index < -0.39 is 0 Å². The van der Waals surface area contributed by atoms with Crippen molar-refractivity contribution >= 4 is 17.2 Å². The highest BCUT2D eigenvalue weighted by atomic mass is 32.1. The zero-order valence-electron chi connectivity index (χ0n) is 14.8. The maximum absolute atomic E-state index is 12.9. The van der Waals surface area contributed by atoms with Crippen molar-refractivity contribution < 1.29 is 4.79 Å². The zero-order valence-corrected chi connectivity index (χ0v) is 15.6. The molecule has 1 atom stereocenters. The van der Waals surface area contributed by atoms with E-state index in [1.807, 2.05) is 6.20 Å². The first kappa shape index (κ1) is 16.5. The van der Waals surface area contributed by atoms with Gasteiger partial charge in [-0.25, -0.2) is 4.98 Å². The van der Waals surface area contributed by atoms with Gasteiger partial charge in [0, 0.05) is 37.3 Å². The average Bonchev–Trinajstić information content (AvgIpc) is 3.00. The van der Waals surface area contributed by atoms with Crippen LogP contribution in [0.4, 0.5) is 0 Å². The smallest absolute Gasteiger partial charge is 0.231 e. The van der Waals surface area contributed by atoms with E-state index in [2.05, 4.69) is 21.7 Å². The maximum atomic E-state index is 12.9. The molecule has 1 amide bonds. The Morgan fingerprint density at radius 2 is 2.08 bits per heavy atom. The van der Waals surface area contributed by atoms with Crippen molar-refractivity contribution in [1.29, 1.82) is 0 Å². The Balaban J connectivity index is 1.33. The lowest BCUT2D eigenvalue weighted by Crippen LogP contribution is -2.67. The molecule has 1 aromatic heterocycles. The molecule has 2 saturated heterocycles. The minimum atomic E-state index is -0.0628. The van der Waals surface area contributed by atoms with E-state index in [-0.39, 0.29) is 5.41 Å². The normalized spacial score (nSPS) is 29.2. The third-order valence-corrected chi connectivity index (χ3v) is 7.04. The number of thiazole rings is 1. The van der Waals surface area contributed by atoms with E-state index in [9.17, 15) is 4.79 Å². The minimum absolute atomic E-state index is 0.0628. The van der Waals surface area contributed by atoms with Gasteiger partial charge in [-0.3, -0.25) is 9.69 Å². The fourth-order valence-corrected chi connectivity index (χ4v) is 5.78. The third kappa shape index (κ3) is 3.25. The second-order valence-corrected chi connectivity index (χ2v) is 9.45. The number of carbonyl (C=O) groups is 1. The van der Waals surface area contributed by atoms with Gasteiger partial charge in [-0.2, -0.15) is 0 Å². The van der Waals surface area contributed by atoms with E-state index in [1.54, 1.807) is 11.3 Å².